The maximum absolute atomic E-state index is 13.5. The SMILES string of the molecule is COc1cncc(-c2ccc(F)cc2CNC2CC2)c1. The highest BCUT2D eigenvalue weighted by Gasteiger charge is 2.20. The summed E-state index contributed by atoms with van der Waals surface area (Å²) in [6, 6.07) is 7.38. The Kier molecular flexibility index (Phi) is 3.65. The van der Waals surface area contributed by atoms with Gasteiger partial charge in [0.15, 0.2) is 0 Å². The van der Waals surface area contributed by atoms with Crippen LogP contribution in [0.5, 0.6) is 5.75 Å². The van der Waals surface area contributed by atoms with Gasteiger partial charge in [0.25, 0.3) is 0 Å². The molecule has 1 saturated carbocycles. The summed E-state index contributed by atoms with van der Waals surface area (Å²) < 4.78 is 18.7. The number of ether oxygens (including phenoxy) is 1. The normalized spacial score (nSPS) is 14.3. The van der Waals surface area contributed by atoms with Crippen LogP contribution in [0.3, 0.4) is 0 Å². The van der Waals surface area contributed by atoms with Gasteiger partial charge in [0, 0.05) is 24.3 Å². The molecule has 20 heavy (non-hydrogen) atoms. The Morgan fingerprint density at radius 1 is 1.30 bits per heavy atom. The number of halogens is 1. The lowest BCUT2D eigenvalue weighted by Gasteiger charge is -2.11. The van der Waals surface area contributed by atoms with E-state index in [1.54, 1.807) is 31.6 Å². The highest BCUT2D eigenvalue weighted by atomic mass is 19.1. The van der Waals surface area contributed by atoms with E-state index < -0.39 is 0 Å². The van der Waals surface area contributed by atoms with Crippen LogP contribution in [-0.4, -0.2) is 18.1 Å². The molecule has 0 radical (unpaired) electrons. The number of benzene rings is 1. The number of pyridine rings is 1. The van der Waals surface area contributed by atoms with Crippen LogP contribution in [0.25, 0.3) is 11.1 Å². The fraction of sp³-hybridized carbons (Fsp3) is 0.312. The van der Waals surface area contributed by atoms with Gasteiger partial charge in [-0.05, 0) is 42.2 Å². The summed E-state index contributed by atoms with van der Waals surface area (Å²) in [7, 11) is 1.61. The summed E-state index contributed by atoms with van der Waals surface area (Å²) in [6.45, 7) is 0.676. The zero-order chi connectivity index (χ0) is 13.9. The van der Waals surface area contributed by atoms with E-state index >= 15 is 0 Å². The first-order valence-electron chi connectivity index (χ1n) is 6.77. The van der Waals surface area contributed by atoms with Crippen molar-refractivity contribution in [2.45, 2.75) is 25.4 Å². The van der Waals surface area contributed by atoms with Crippen molar-refractivity contribution in [3.05, 3.63) is 48.0 Å². The molecule has 1 N–H and O–H groups in total. The van der Waals surface area contributed by atoms with Crippen molar-refractivity contribution in [1.82, 2.24) is 10.3 Å². The lowest BCUT2D eigenvalue weighted by atomic mass is 10.0. The van der Waals surface area contributed by atoms with Crippen molar-refractivity contribution in [1.29, 1.82) is 0 Å². The van der Waals surface area contributed by atoms with Gasteiger partial charge in [-0.15, -0.1) is 0 Å². The van der Waals surface area contributed by atoms with Gasteiger partial charge in [-0.1, -0.05) is 6.07 Å². The van der Waals surface area contributed by atoms with Crippen LogP contribution in [0.15, 0.2) is 36.7 Å². The lowest BCUT2D eigenvalue weighted by Crippen LogP contribution is -2.16. The Bertz CT molecular complexity index is 611. The van der Waals surface area contributed by atoms with Crippen molar-refractivity contribution in [2.75, 3.05) is 7.11 Å². The van der Waals surface area contributed by atoms with Crippen LogP contribution >= 0.6 is 0 Å². The van der Waals surface area contributed by atoms with Gasteiger partial charge in [-0.3, -0.25) is 4.98 Å². The zero-order valence-electron chi connectivity index (χ0n) is 11.4. The molecule has 1 fully saturated rings. The third kappa shape index (κ3) is 2.96. The highest BCUT2D eigenvalue weighted by Crippen LogP contribution is 2.28. The third-order valence-electron chi connectivity index (χ3n) is 3.49. The smallest absolute Gasteiger partial charge is 0.137 e. The predicted octanol–water partition coefficient (Wildman–Crippen LogP) is 3.15. The Balaban J connectivity index is 1.93. The van der Waals surface area contributed by atoms with Crippen LogP contribution < -0.4 is 10.1 Å². The number of nitrogens with one attached hydrogen (secondary N) is 1. The monoisotopic (exact) mass is 272 g/mol. The molecule has 2 aromatic rings. The van der Waals surface area contributed by atoms with E-state index in [9.17, 15) is 4.39 Å². The number of methoxy groups -OCH3 is 1. The summed E-state index contributed by atoms with van der Waals surface area (Å²) in [6.07, 6.45) is 5.86. The van der Waals surface area contributed by atoms with E-state index in [0.29, 0.717) is 18.3 Å². The molecule has 4 heteroatoms. The molecule has 3 rings (SSSR count). The lowest BCUT2D eigenvalue weighted by molar-refractivity contribution is 0.413. The Hall–Kier alpha value is -1.94. The average molecular weight is 272 g/mol. The fourth-order valence-corrected chi connectivity index (χ4v) is 2.21. The molecule has 0 aliphatic heterocycles. The molecule has 0 bridgehead atoms. The molecular formula is C16H17FN2O. The van der Waals surface area contributed by atoms with Gasteiger partial charge < -0.3 is 10.1 Å². The summed E-state index contributed by atoms with van der Waals surface area (Å²) in [5.74, 6) is 0.491. The van der Waals surface area contributed by atoms with Gasteiger partial charge >= 0.3 is 0 Å². The van der Waals surface area contributed by atoms with Crippen molar-refractivity contribution < 1.29 is 9.13 Å². The number of nitrogens with zero attached hydrogens (tertiary/aromatic N) is 1. The first-order chi connectivity index (χ1) is 9.76. The molecular weight excluding hydrogens is 255 g/mol. The summed E-state index contributed by atoms with van der Waals surface area (Å²) >= 11 is 0. The molecule has 1 heterocycles. The van der Waals surface area contributed by atoms with Gasteiger partial charge in [0.05, 0.1) is 13.3 Å². The topological polar surface area (TPSA) is 34.1 Å². The molecule has 1 aromatic heterocycles. The minimum atomic E-state index is -0.211. The van der Waals surface area contributed by atoms with Crippen molar-refractivity contribution in [2.24, 2.45) is 0 Å². The molecule has 0 amide bonds. The van der Waals surface area contributed by atoms with Crippen molar-refractivity contribution in [3.63, 3.8) is 0 Å². The van der Waals surface area contributed by atoms with E-state index in [0.717, 1.165) is 16.7 Å². The Morgan fingerprint density at radius 2 is 2.15 bits per heavy atom. The largest absolute Gasteiger partial charge is 0.495 e. The maximum atomic E-state index is 13.5. The van der Waals surface area contributed by atoms with Crippen LogP contribution in [0, 0.1) is 5.82 Å². The molecule has 1 aliphatic rings. The van der Waals surface area contributed by atoms with Gasteiger partial charge in [0.1, 0.15) is 11.6 Å². The second-order valence-electron chi connectivity index (χ2n) is 5.07. The third-order valence-corrected chi connectivity index (χ3v) is 3.49. The van der Waals surface area contributed by atoms with E-state index in [4.69, 9.17) is 4.74 Å². The highest BCUT2D eigenvalue weighted by molar-refractivity contribution is 5.67. The molecule has 0 spiro atoms. The first-order valence-corrected chi connectivity index (χ1v) is 6.77. The van der Waals surface area contributed by atoms with Crippen LogP contribution in [0.1, 0.15) is 18.4 Å². The molecule has 3 nitrogen and oxygen atoms in total. The molecule has 1 aliphatic carbocycles. The Morgan fingerprint density at radius 3 is 2.90 bits per heavy atom. The molecule has 0 saturated heterocycles. The van der Waals surface area contributed by atoms with Gasteiger partial charge in [0.2, 0.25) is 0 Å². The summed E-state index contributed by atoms with van der Waals surface area (Å²) in [5, 5.41) is 3.42. The van der Waals surface area contributed by atoms with Gasteiger partial charge in [-0.25, -0.2) is 4.39 Å². The van der Waals surface area contributed by atoms with E-state index in [1.807, 2.05) is 6.07 Å². The molecule has 0 atom stereocenters. The minimum absolute atomic E-state index is 0.211. The maximum Gasteiger partial charge on any atom is 0.137 e. The summed E-state index contributed by atoms with van der Waals surface area (Å²) in [4.78, 5) is 4.16. The summed E-state index contributed by atoms with van der Waals surface area (Å²) in [5.41, 5.74) is 2.88. The first kappa shape index (κ1) is 13.1. The molecule has 0 unspecified atom stereocenters. The average Bonchev–Trinajstić information content (AvgIpc) is 3.29. The predicted molar refractivity (Wildman–Crippen MR) is 76.0 cm³/mol. The van der Waals surface area contributed by atoms with E-state index in [-0.39, 0.29) is 5.82 Å². The van der Waals surface area contributed by atoms with Crippen molar-refractivity contribution >= 4 is 0 Å². The molecule has 104 valence electrons. The standard InChI is InChI=1S/C16H17FN2O/c1-20-15-7-12(8-18-10-15)16-5-2-13(17)6-11(16)9-19-14-3-4-14/h2,5-8,10,14,19H,3-4,9H2,1H3. The van der Waals surface area contributed by atoms with Crippen LogP contribution in [0.4, 0.5) is 4.39 Å². The number of rotatable bonds is 5. The quantitative estimate of drug-likeness (QED) is 0.908. The number of hydrogen-bond acceptors (Lipinski definition) is 3. The second kappa shape index (κ2) is 5.59. The Labute approximate surface area is 117 Å². The number of hydrogen-bond donors (Lipinski definition) is 1. The zero-order valence-corrected chi connectivity index (χ0v) is 11.4. The van der Waals surface area contributed by atoms with Crippen LogP contribution in [0.2, 0.25) is 0 Å². The van der Waals surface area contributed by atoms with E-state index in [1.165, 1.54) is 18.9 Å². The van der Waals surface area contributed by atoms with Gasteiger partial charge in [-0.2, -0.15) is 0 Å². The second-order valence-corrected chi connectivity index (χ2v) is 5.07. The van der Waals surface area contributed by atoms with Crippen molar-refractivity contribution in [3.8, 4) is 16.9 Å². The van der Waals surface area contributed by atoms with Crippen LogP contribution in [-0.2, 0) is 6.54 Å². The molecule has 1 aromatic carbocycles. The van der Waals surface area contributed by atoms with E-state index in [2.05, 4.69) is 10.3 Å². The minimum Gasteiger partial charge on any atom is -0.495 e. The number of aromatic nitrogens is 1. The fourth-order valence-electron chi connectivity index (χ4n) is 2.21.